The zero-order valence-electron chi connectivity index (χ0n) is 27.2. The number of ether oxygens (including phenoxy) is 12. The summed E-state index contributed by atoms with van der Waals surface area (Å²) in [6.07, 6.45) is 0. The van der Waals surface area contributed by atoms with Crippen LogP contribution in [0.3, 0.4) is 0 Å². The van der Waals surface area contributed by atoms with Gasteiger partial charge in [0.1, 0.15) is 19.8 Å². The molecule has 0 aliphatic carbocycles. The molecule has 0 saturated carbocycles. The van der Waals surface area contributed by atoms with Crippen LogP contribution in [0, 0.1) is 0 Å². The molecule has 1 aromatic rings. The minimum atomic E-state index is -0.326. The highest BCUT2D eigenvalue weighted by Gasteiger charge is 2.19. The Morgan fingerprint density at radius 3 is 1.22 bits per heavy atom. The smallest absolute Gasteiger partial charge is 0.251 e. The van der Waals surface area contributed by atoms with E-state index in [2.05, 4.69) is 5.32 Å². The van der Waals surface area contributed by atoms with Gasteiger partial charge >= 0.3 is 0 Å². The van der Waals surface area contributed by atoms with Gasteiger partial charge in [0.15, 0.2) is 11.5 Å². The normalized spacial score (nSPS) is 11.1. The Bertz CT molecular complexity index is 792. The third-order valence-electron chi connectivity index (χ3n) is 5.57. The van der Waals surface area contributed by atoms with Crippen molar-refractivity contribution >= 4 is 5.91 Å². The minimum Gasteiger partial charge on any atom is -0.487 e. The maximum Gasteiger partial charge on any atom is 0.251 e. The first-order valence-corrected chi connectivity index (χ1v) is 15.2. The van der Waals surface area contributed by atoms with Crippen molar-refractivity contribution in [1.82, 2.24) is 5.32 Å². The van der Waals surface area contributed by atoms with Crippen molar-refractivity contribution < 1.29 is 61.6 Å². The number of hydrogen-bond acceptors (Lipinski definition) is 14. The van der Waals surface area contributed by atoms with Crippen molar-refractivity contribution in [2.75, 3.05) is 153 Å². The number of amides is 1. The molecule has 0 heterocycles. The lowest BCUT2D eigenvalue weighted by Gasteiger charge is -2.19. The van der Waals surface area contributed by atoms with Gasteiger partial charge in [0, 0.05) is 40.0 Å². The number of benzene rings is 1. The van der Waals surface area contributed by atoms with Crippen molar-refractivity contribution in [3.63, 3.8) is 0 Å². The van der Waals surface area contributed by atoms with Gasteiger partial charge in [-0.2, -0.15) is 0 Å². The molecule has 262 valence electrons. The maximum atomic E-state index is 12.8. The second kappa shape index (κ2) is 30.3. The van der Waals surface area contributed by atoms with Gasteiger partial charge < -0.3 is 67.9 Å². The molecule has 0 bridgehead atoms. The number of carbonyl (C=O) groups excluding carboxylic acids is 1. The maximum absolute atomic E-state index is 12.8. The van der Waals surface area contributed by atoms with Crippen molar-refractivity contribution in [3.05, 3.63) is 17.7 Å². The van der Waals surface area contributed by atoms with E-state index < -0.39 is 0 Å². The van der Waals surface area contributed by atoms with Gasteiger partial charge in [-0.1, -0.05) is 0 Å². The Balaban J connectivity index is 2.84. The fourth-order valence-corrected chi connectivity index (χ4v) is 3.37. The molecule has 0 aromatic heterocycles. The fraction of sp³-hybridized carbons (Fsp3) is 0.767. The summed E-state index contributed by atoms with van der Waals surface area (Å²) in [6, 6.07) is 3.19. The molecule has 15 nitrogen and oxygen atoms in total. The standard InChI is InChI=1S/C30H54N2O13/c1-34-6-9-37-12-15-40-18-21-43-27-24-26(30(33)32-5-4-31)25-28(44-22-19-41-16-13-38-10-7-35-2)29(27)45-23-20-42-17-14-39-11-8-36-3/h24-25H,4-23,31H2,1-3H3,(H,32,33). The average molecular weight is 651 g/mol. The van der Waals surface area contributed by atoms with Crippen LogP contribution >= 0.6 is 0 Å². The summed E-state index contributed by atoms with van der Waals surface area (Å²) in [4.78, 5) is 12.8. The third kappa shape index (κ3) is 22.0. The summed E-state index contributed by atoms with van der Waals surface area (Å²) >= 11 is 0. The Kier molecular flexibility index (Phi) is 27.5. The van der Waals surface area contributed by atoms with E-state index in [1.807, 2.05) is 0 Å². The first kappa shape index (κ1) is 40.7. The molecule has 0 aliphatic heterocycles. The van der Waals surface area contributed by atoms with E-state index in [4.69, 9.17) is 62.6 Å². The van der Waals surface area contributed by atoms with Gasteiger partial charge in [0.25, 0.3) is 5.91 Å². The Hall–Kier alpha value is -2.31. The summed E-state index contributed by atoms with van der Waals surface area (Å²) in [5.41, 5.74) is 5.89. The molecule has 1 aromatic carbocycles. The van der Waals surface area contributed by atoms with Crippen LogP contribution in [0.1, 0.15) is 10.4 Å². The number of methoxy groups -OCH3 is 3. The number of nitrogens with two attached hydrogens (primary N) is 1. The van der Waals surface area contributed by atoms with Crippen LogP contribution in [0.4, 0.5) is 0 Å². The van der Waals surface area contributed by atoms with Gasteiger partial charge in [0.05, 0.1) is 99.1 Å². The molecule has 0 aliphatic rings. The van der Waals surface area contributed by atoms with E-state index in [1.54, 1.807) is 33.5 Å². The fourth-order valence-electron chi connectivity index (χ4n) is 3.37. The largest absolute Gasteiger partial charge is 0.487 e. The average Bonchev–Trinajstić information content (AvgIpc) is 3.05. The molecule has 0 saturated heterocycles. The number of nitrogens with one attached hydrogen (secondary N) is 1. The second-order valence-electron chi connectivity index (χ2n) is 9.04. The number of carbonyl (C=O) groups is 1. The summed E-state index contributed by atoms with van der Waals surface area (Å²) in [5.74, 6) is 0.643. The summed E-state index contributed by atoms with van der Waals surface area (Å²) in [5, 5.41) is 2.77. The van der Waals surface area contributed by atoms with Crippen LogP contribution in [-0.4, -0.2) is 159 Å². The molecule has 0 unspecified atom stereocenters. The topological polar surface area (TPSA) is 166 Å². The highest BCUT2D eigenvalue weighted by Crippen LogP contribution is 2.39. The van der Waals surface area contributed by atoms with Crippen LogP contribution in [0.15, 0.2) is 12.1 Å². The monoisotopic (exact) mass is 650 g/mol. The third-order valence-corrected chi connectivity index (χ3v) is 5.57. The van der Waals surface area contributed by atoms with Crippen LogP contribution < -0.4 is 25.3 Å². The summed E-state index contributed by atoms with van der Waals surface area (Å²) in [7, 11) is 4.85. The van der Waals surface area contributed by atoms with Gasteiger partial charge in [-0.15, -0.1) is 0 Å². The molecule has 45 heavy (non-hydrogen) atoms. The molecule has 0 spiro atoms. The van der Waals surface area contributed by atoms with Gasteiger partial charge in [-0.3, -0.25) is 4.79 Å². The van der Waals surface area contributed by atoms with Crippen molar-refractivity contribution in [1.29, 1.82) is 0 Å². The molecule has 0 atom stereocenters. The molecule has 3 N–H and O–H groups in total. The predicted octanol–water partition coefficient (Wildman–Crippen LogP) is 0.550. The Morgan fingerprint density at radius 1 is 0.533 bits per heavy atom. The first-order chi connectivity index (χ1) is 22.2. The lowest BCUT2D eigenvalue weighted by molar-refractivity contribution is 0.0146. The SMILES string of the molecule is COCCOCCOCCOc1cc(C(=O)NCCN)cc(OCCOCCOCCOC)c1OCCOCCOCCOC. The first-order valence-electron chi connectivity index (χ1n) is 15.2. The molecule has 1 amide bonds. The van der Waals surface area contributed by atoms with E-state index in [0.717, 1.165) is 0 Å². The van der Waals surface area contributed by atoms with E-state index in [1.165, 1.54) is 0 Å². The Labute approximate surface area is 267 Å². The van der Waals surface area contributed by atoms with E-state index in [9.17, 15) is 4.79 Å². The molecular formula is C30H54N2O13. The van der Waals surface area contributed by atoms with Crippen molar-refractivity contribution in [2.24, 2.45) is 5.73 Å². The van der Waals surface area contributed by atoms with Crippen LogP contribution in [0.2, 0.25) is 0 Å². The van der Waals surface area contributed by atoms with Crippen LogP contribution in [0.5, 0.6) is 17.2 Å². The molecular weight excluding hydrogens is 596 g/mol. The molecule has 0 radical (unpaired) electrons. The van der Waals surface area contributed by atoms with Gasteiger partial charge in [-0.25, -0.2) is 0 Å². The lowest BCUT2D eigenvalue weighted by Crippen LogP contribution is -2.29. The van der Waals surface area contributed by atoms with Crippen LogP contribution in [-0.2, 0) is 42.6 Å². The van der Waals surface area contributed by atoms with Gasteiger partial charge in [0.2, 0.25) is 5.75 Å². The highest BCUT2D eigenvalue weighted by molar-refractivity contribution is 5.95. The van der Waals surface area contributed by atoms with E-state index in [-0.39, 0.29) is 25.7 Å². The lowest BCUT2D eigenvalue weighted by atomic mass is 10.1. The van der Waals surface area contributed by atoms with Gasteiger partial charge in [-0.05, 0) is 12.1 Å². The quantitative estimate of drug-likeness (QED) is 0.101. The van der Waals surface area contributed by atoms with Crippen molar-refractivity contribution in [3.8, 4) is 17.2 Å². The number of hydrogen-bond donors (Lipinski definition) is 2. The summed E-state index contributed by atoms with van der Waals surface area (Å²) < 4.78 is 66.0. The highest BCUT2D eigenvalue weighted by atomic mass is 16.6. The predicted molar refractivity (Wildman–Crippen MR) is 165 cm³/mol. The number of rotatable bonds is 33. The Morgan fingerprint density at radius 2 is 0.867 bits per heavy atom. The van der Waals surface area contributed by atoms with E-state index >= 15 is 0 Å². The summed E-state index contributed by atoms with van der Waals surface area (Å²) in [6.45, 7) is 7.66. The minimum absolute atomic E-state index is 0.198. The molecule has 0 fully saturated rings. The van der Waals surface area contributed by atoms with Crippen LogP contribution in [0.25, 0.3) is 0 Å². The van der Waals surface area contributed by atoms with E-state index in [0.29, 0.717) is 135 Å². The van der Waals surface area contributed by atoms with Crippen molar-refractivity contribution in [2.45, 2.75) is 0 Å². The zero-order chi connectivity index (χ0) is 32.6. The molecule has 15 heteroatoms. The second-order valence-corrected chi connectivity index (χ2v) is 9.04. The molecule has 1 rings (SSSR count). The zero-order valence-corrected chi connectivity index (χ0v) is 27.2.